The molecular formula is C11H18ClN3. The minimum absolute atomic E-state index is 0.595. The number of rotatable bonds is 6. The van der Waals surface area contributed by atoms with E-state index in [2.05, 4.69) is 22.4 Å². The molecule has 1 unspecified atom stereocenters. The van der Waals surface area contributed by atoms with E-state index in [4.69, 9.17) is 11.6 Å². The van der Waals surface area contributed by atoms with Crippen LogP contribution in [0.3, 0.4) is 0 Å². The smallest absolute Gasteiger partial charge is 0.148 e. The number of alkyl halides is 1. The number of aromatic nitrogens is 2. The second-order valence-corrected chi connectivity index (χ2v) is 4.20. The van der Waals surface area contributed by atoms with Gasteiger partial charge in [0.05, 0.1) is 5.69 Å². The Bertz CT molecular complexity index is 274. The second-order valence-electron chi connectivity index (χ2n) is 3.89. The molecule has 0 fully saturated rings. The quantitative estimate of drug-likeness (QED) is 0.600. The Labute approximate surface area is 96.2 Å². The van der Waals surface area contributed by atoms with Gasteiger partial charge in [0.1, 0.15) is 5.82 Å². The molecule has 0 saturated carbocycles. The third-order valence-corrected chi connectivity index (χ3v) is 2.77. The van der Waals surface area contributed by atoms with Crippen molar-refractivity contribution in [2.45, 2.75) is 26.7 Å². The Balaban J connectivity index is 2.17. The summed E-state index contributed by atoms with van der Waals surface area (Å²) in [6.45, 7) is 5.02. The zero-order valence-electron chi connectivity index (χ0n) is 9.33. The minimum atomic E-state index is 0.595. The van der Waals surface area contributed by atoms with E-state index in [1.165, 1.54) is 0 Å². The highest BCUT2D eigenvalue weighted by Crippen LogP contribution is 2.08. The molecule has 0 bridgehead atoms. The number of halogens is 1. The molecule has 1 N–H and O–H groups in total. The first-order valence-electron chi connectivity index (χ1n) is 5.32. The highest BCUT2D eigenvalue weighted by molar-refractivity contribution is 6.18. The van der Waals surface area contributed by atoms with E-state index in [1.807, 2.05) is 19.1 Å². The Kier molecular flexibility index (Phi) is 5.40. The molecule has 15 heavy (non-hydrogen) atoms. The Morgan fingerprint density at radius 3 is 2.80 bits per heavy atom. The number of hydrogen-bond acceptors (Lipinski definition) is 3. The largest absolute Gasteiger partial charge is 0.369 e. The van der Waals surface area contributed by atoms with E-state index < -0.39 is 0 Å². The SMILES string of the molecule is Cc1ccc(NCCCC(C)CCl)nn1. The molecule has 1 aromatic heterocycles. The predicted octanol–water partition coefficient (Wildman–Crippen LogP) is 2.85. The number of aryl methyl sites for hydroxylation is 1. The summed E-state index contributed by atoms with van der Waals surface area (Å²) in [7, 11) is 0. The summed E-state index contributed by atoms with van der Waals surface area (Å²) in [6, 6.07) is 3.91. The number of nitrogens with zero attached hydrogens (tertiary/aromatic N) is 2. The van der Waals surface area contributed by atoms with Crippen molar-refractivity contribution in [3.8, 4) is 0 Å². The normalized spacial score (nSPS) is 12.5. The van der Waals surface area contributed by atoms with Crippen LogP contribution in [0.15, 0.2) is 12.1 Å². The van der Waals surface area contributed by atoms with Gasteiger partial charge in [0.2, 0.25) is 0 Å². The topological polar surface area (TPSA) is 37.8 Å². The van der Waals surface area contributed by atoms with Gasteiger partial charge in [-0.15, -0.1) is 16.7 Å². The molecule has 0 radical (unpaired) electrons. The fraction of sp³-hybridized carbons (Fsp3) is 0.636. The number of anilines is 1. The van der Waals surface area contributed by atoms with E-state index in [0.717, 1.165) is 36.8 Å². The van der Waals surface area contributed by atoms with Crippen molar-refractivity contribution in [1.82, 2.24) is 10.2 Å². The summed E-state index contributed by atoms with van der Waals surface area (Å²) in [5.41, 5.74) is 0.941. The van der Waals surface area contributed by atoms with Crippen LogP contribution in [0.5, 0.6) is 0 Å². The molecule has 0 aromatic carbocycles. The predicted molar refractivity (Wildman–Crippen MR) is 64.4 cm³/mol. The molecule has 1 heterocycles. The number of hydrogen-bond donors (Lipinski definition) is 1. The lowest BCUT2D eigenvalue weighted by Crippen LogP contribution is -2.06. The summed E-state index contributed by atoms with van der Waals surface area (Å²) < 4.78 is 0. The monoisotopic (exact) mass is 227 g/mol. The average Bonchev–Trinajstić information content (AvgIpc) is 2.26. The maximum atomic E-state index is 5.72. The van der Waals surface area contributed by atoms with E-state index in [0.29, 0.717) is 5.92 Å². The summed E-state index contributed by atoms with van der Waals surface area (Å²) in [5.74, 6) is 2.18. The third kappa shape index (κ3) is 4.98. The highest BCUT2D eigenvalue weighted by Gasteiger charge is 1.99. The maximum Gasteiger partial charge on any atom is 0.148 e. The van der Waals surface area contributed by atoms with Gasteiger partial charge in [0, 0.05) is 12.4 Å². The van der Waals surface area contributed by atoms with Crippen molar-refractivity contribution in [1.29, 1.82) is 0 Å². The van der Waals surface area contributed by atoms with E-state index in [1.54, 1.807) is 0 Å². The van der Waals surface area contributed by atoms with Crippen LogP contribution in [0, 0.1) is 12.8 Å². The van der Waals surface area contributed by atoms with Gasteiger partial charge in [0.15, 0.2) is 0 Å². The Morgan fingerprint density at radius 2 is 2.20 bits per heavy atom. The molecule has 84 valence electrons. The van der Waals surface area contributed by atoms with Crippen LogP contribution >= 0.6 is 11.6 Å². The minimum Gasteiger partial charge on any atom is -0.369 e. The fourth-order valence-corrected chi connectivity index (χ4v) is 1.39. The molecule has 0 aliphatic heterocycles. The van der Waals surface area contributed by atoms with E-state index in [9.17, 15) is 0 Å². The van der Waals surface area contributed by atoms with Gasteiger partial charge in [-0.1, -0.05) is 6.92 Å². The lowest BCUT2D eigenvalue weighted by molar-refractivity contribution is 0.572. The van der Waals surface area contributed by atoms with Crippen molar-refractivity contribution in [3.05, 3.63) is 17.8 Å². The van der Waals surface area contributed by atoms with Crippen molar-refractivity contribution < 1.29 is 0 Å². The molecule has 0 aliphatic carbocycles. The fourth-order valence-electron chi connectivity index (χ4n) is 1.24. The van der Waals surface area contributed by atoms with Crippen LogP contribution < -0.4 is 5.32 Å². The van der Waals surface area contributed by atoms with Gasteiger partial charge < -0.3 is 5.32 Å². The van der Waals surface area contributed by atoms with E-state index >= 15 is 0 Å². The van der Waals surface area contributed by atoms with Gasteiger partial charge in [-0.25, -0.2) is 0 Å². The summed E-state index contributed by atoms with van der Waals surface area (Å²) >= 11 is 5.72. The Morgan fingerprint density at radius 1 is 1.40 bits per heavy atom. The third-order valence-electron chi connectivity index (χ3n) is 2.24. The Hall–Kier alpha value is -0.830. The van der Waals surface area contributed by atoms with E-state index in [-0.39, 0.29) is 0 Å². The van der Waals surface area contributed by atoms with Crippen molar-refractivity contribution in [3.63, 3.8) is 0 Å². The molecule has 3 nitrogen and oxygen atoms in total. The molecule has 4 heteroatoms. The summed E-state index contributed by atoms with van der Waals surface area (Å²) in [5, 5.41) is 11.2. The molecule has 1 atom stereocenters. The van der Waals surface area contributed by atoms with Crippen LogP contribution in [-0.4, -0.2) is 22.6 Å². The van der Waals surface area contributed by atoms with Crippen molar-refractivity contribution >= 4 is 17.4 Å². The van der Waals surface area contributed by atoms with Crippen LogP contribution in [-0.2, 0) is 0 Å². The molecule has 0 aliphatic rings. The van der Waals surface area contributed by atoms with Crippen LogP contribution in [0.1, 0.15) is 25.5 Å². The van der Waals surface area contributed by atoms with Gasteiger partial charge in [-0.2, -0.15) is 5.10 Å². The molecular weight excluding hydrogens is 210 g/mol. The summed E-state index contributed by atoms with van der Waals surface area (Å²) in [6.07, 6.45) is 2.26. The van der Waals surface area contributed by atoms with Gasteiger partial charge in [-0.05, 0) is 37.8 Å². The van der Waals surface area contributed by atoms with Crippen molar-refractivity contribution in [2.75, 3.05) is 17.7 Å². The molecule has 1 aromatic rings. The zero-order valence-corrected chi connectivity index (χ0v) is 10.1. The average molecular weight is 228 g/mol. The molecule has 0 amide bonds. The standard InChI is InChI=1S/C11H18ClN3/c1-9(8-12)4-3-7-13-11-6-5-10(2)14-15-11/h5-6,9H,3-4,7-8H2,1-2H3,(H,13,15). The second kappa shape index (κ2) is 6.62. The lowest BCUT2D eigenvalue weighted by atomic mass is 10.1. The molecule has 0 spiro atoms. The van der Waals surface area contributed by atoms with Gasteiger partial charge in [-0.3, -0.25) is 0 Å². The number of nitrogens with one attached hydrogen (secondary N) is 1. The zero-order chi connectivity index (χ0) is 11.1. The first-order chi connectivity index (χ1) is 7.22. The van der Waals surface area contributed by atoms with Crippen LogP contribution in [0.25, 0.3) is 0 Å². The molecule has 0 saturated heterocycles. The maximum absolute atomic E-state index is 5.72. The lowest BCUT2D eigenvalue weighted by Gasteiger charge is -2.08. The highest BCUT2D eigenvalue weighted by atomic mass is 35.5. The first kappa shape index (κ1) is 12.2. The first-order valence-corrected chi connectivity index (χ1v) is 5.86. The summed E-state index contributed by atoms with van der Waals surface area (Å²) in [4.78, 5) is 0. The molecule has 1 rings (SSSR count). The van der Waals surface area contributed by atoms with Gasteiger partial charge in [0.25, 0.3) is 0 Å². The van der Waals surface area contributed by atoms with Crippen LogP contribution in [0.4, 0.5) is 5.82 Å². The van der Waals surface area contributed by atoms with Crippen molar-refractivity contribution in [2.24, 2.45) is 5.92 Å². The van der Waals surface area contributed by atoms with Crippen LogP contribution in [0.2, 0.25) is 0 Å². The van der Waals surface area contributed by atoms with Gasteiger partial charge >= 0.3 is 0 Å².